The van der Waals surface area contributed by atoms with Gasteiger partial charge < -0.3 is 10.5 Å². The molecular formula is C12H15NO3S. The molecule has 0 saturated carbocycles. The summed E-state index contributed by atoms with van der Waals surface area (Å²) in [6.07, 6.45) is 2.95. The van der Waals surface area contributed by atoms with Crippen molar-refractivity contribution in [3.8, 4) is 0 Å². The summed E-state index contributed by atoms with van der Waals surface area (Å²) < 4.78 is 4.94. The SMILES string of the molecule is CCOC(=O)CC1CCc2sc(N)c(C=O)c21. The number of thiophene rings is 1. The largest absolute Gasteiger partial charge is 0.466 e. The zero-order valence-electron chi connectivity index (χ0n) is 9.69. The van der Waals surface area contributed by atoms with E-state index in [1.807, 2.05) is 0 Å². The number of rotatable bonds is 4. The van der Waals surface area contributed by atoms with Gasteiger partial charge in [-0.15, -0.1) is 11.3 Å². The molecule has 2 N–H and O–H groups in total. The van der Waals surface area contributed by atoms with Gasteiger partial charge in [-0.1, -0.05) is 0 Å². The molecule has 1 aliphatic carbocycles. The monoisotopic (exact) mass is 253 g/mol. The Kier molecular flexibility index (Phi) is 3.47. The number of carbonyl (C=O) groups is 2. The molecule has 1 aromatic rings. The van der Waals surface area contributed by atoms with E-state index in [2.05, 4.69) is 0 Å². The van der Waals surface area contributed by atoms with Crippen molar-refractivity contribution in [1.82, 2.24) is 0 Å². The second kappa shape index (κ2) is 4.87. The van der Waals surface area contributed by atoms with Crippen LogP contribution < -0.4 is 5.73 Å². The Bertz CT molecular complexity index is 453. The number of aldehydes is 1. The zero-order chi connectivity index (χ0) is 12.4. The molecule has 0 aliphatic heterocycles. The molecule has 2 rings (SSSR count). The minimum Gasteiger partial charge on any atom is -0.466 e. The first-order valence-electron chi connectivity index (χ1n) is 5.69. The van der Waals surface area contributed by atoms with E-state index in [1.165, 1.54) is 11.3 Å². The number of fused-ring (bicyclic) bond motifs is 1. The van der Waals surface area contributed by atoms with E-state index in [4.69, 9.17) is 10.5 Å². The quantitative estimate of drug-likeness (QED) is 0.659. The van der Waals surface area contributed by atoms with E-state index in [9.17, 15) is 9.59 Å². The Morgan fingerprint density at radius 3 is 3.06 bits per heavy atom. The molecular weight excluding hydrogens is 238 g/mol. The number of nitrogen functional groups attached to an aromatic ring is 1. The molecule has 17 heavy (non-hydrogen) atoms. The van der Waals surface area contributed by atoms with Gasteiger partial charge in [-0.25, -0.2) is 0 Å². The van der Waals surface area contributed by atoms with Gasteiger partial charge in [0.2, 0.25) is 0 Å². The first kappa shape index (κ1) is 12.1. The average Bonchev–Trinajstić information content (AvgIpc) is 2.78. The van der Waals surface area contributed by atoms with Crippen LogP contribution in [0.3, 0.4) is 0 Å². The molecule has 92 valence electrons. The highest BCUT2D eigenvalue weighted by molar-refractivity contribution is 7.16. The summed E-state index contributed by atoms with van der Waals surface area (Å²) in [5.74, 6) is -0.107. The molecule has 1 aliphatic rings. The summed E-state index contributed by atoms with van der Waals surface area (Å²) >= 11 is 1.47. The van der Waals surface area contributed by atoms with Gasteiger partial charge in [0.1, 0.15) is 0 Å². The van der Waals surface area contributed by atoms with Crippen LogP contribution in [0, 0.1) is 0 Å². The minimum absolute atomic E-state index is 0.0952. The predicted molar refractivity (Wildman–Crippen MR) is 66.4 cm³/mol. The fourth-order valence-electron chi connectivity index (χ4n) is 2.36. The van der Waals surface area contributed by atoms with Gasteiger partial charge in [-0.3, -0.25) is 9.59 Å². The highest BCUT2D eigenvalue weighted by Crippen LogP contribution is 2.44. The second-order valence-electron chi connectivity index (χ2n) is 4.08. The van der Waals surface area contributed by atoms with Gasteiger partial charge in [-0.05, 0) is 31.2 Å². The van der Waals surface area contributed by atoms with Gasteiger partial charge in [0.15, 0.2) is 6.29 Å². The maximum atomic E-state index is 11.5. The normalized spacial score (nSPS) is 17.8. The molecule has 1 aromatic heterocycles. The van der Waals surface area contributed by atoms with E-state index < -0.39 is 0 Å². The first-order valence-corrected chi connectivity index (χ1v) is 6.50. The Balaban J connectivity index is 2.20. The maximum Gasteiger partial charge on any atom is 0.306 e. The predicted octanol–water partition coefficient (Wildman–Crippen LogP) is 2.13. The van der Waals surface area contributed by atoms with Crippen LogP contribution in [0.5, 0.6) is 0 Å². The van der Waals surface area contributed by atoms with Crippen LogP contribution in [0.4, 0.5) is 5.00 Å². The number of anilines is 1. The number of esters is 1. The second-order valence-corrected chi connectivity index (χ2v) is 5.22. The number of ether oxygens (including phenoxy) is 1. The van der Waals surface area contributed by atoms with Crippen LogP contribution in [-0.2, 0) is 16.0 Å². The molecule has 5 heteroatoms. The van der Waals surface area contributed by atoms with Gasteiger partial charge >= 0.3 is 5.97 Å². The number of aryl methyl sites for hydroxylation is 1. The lowest BCUT2D eigenvalue weighted by atomic mass is 9.96. The Labute approximate surface area is 104 Å². The number of nitrogens with two attached hydrogens (primary N) is 1. The molecule has 0 radical (unpaired) electrons. The van der Waals surface area contributed by atoms with Gasteiger partial charge in [0.25, 0.3) is 0 Å². The van der Waals surface area contributed by atoms with Crippen LogP contribution >= 0.6 is 11.3 Å². The first-order chi connectivity index (χ1) is 8.17. The third-order valence-corrected chi connectivity index (χ3v) is 4.16. The molecule has 0 amide bonds. The molecule has 4 nitrogen and oxygen atoms in total. The zero-order valence-corrected chi connectivity index (χ0v) is 10.5. The summed E-state index contributed by atoms with van der Waals surface area (Å²) in [7, 11) is 0. The molecule has 0 saturated heterocycles. The fraction of sp³-hybridized carbons (Fsp3) is 0.500. The van der Waals surface area contributed by atoms with Crippen LogP contribution in [0.25, 0.3) is 0 Å². The van der Waals surface area contributed by atoms with E-state index in [0.717, 1.165) is 29.6 Å². The van der Waals surface area contributed by atoms with Crippen molar-refractivity contribution in [2.45, 2.75) is 32.1 Å². The summed E-state index contributed by atoms with van der Waals surface area (Å²) in [4.78, 5) is 23.6. The lowest BCUT2D eigenvalue weighted by molar-refractivity contribution is -0.143. The third-order valence-electron chi connectivity index (χ3n) is 3.05. The van der Waals surface area contributed by atoms with Crippen molar-refractivity contribution >= 4 is 28.6 Å². The van der Waals surface area contributed by atoms with Gasteiger partial charge in [-0.2, -0.15) is 0 Å². The molecule has 1 heterocycles. The number of carbonyl (C=O) groups excluding carboxylic acids is 2. The topological polar surface area (TPSA) is 69.4 Å². The van der Waals surface area contributed by atoms with Crippen molar-refractivity contribution in [3.63, 3.8) is 0 Å². The number of hydrogen-bond donors (Lipinski definition) is 1. The minimum atomic E-state index is -0.202. The van der Waals surface area contributed by atoms with E-state index in [1.54, 1.807) is 6.92 Å². The van der Waals surface area contributed by atoms with Crippen molar-refractivity contribution in [1.29, 1.82) is 0 Å². The summed E-state index contributed by atoms with van der Waals surface area (Å²) in [5, 5.41) is 0.568. The van der Waals surface area contributed by atoms with Gasteiger partial charge in [0, 0.05) is 4.88 Å². The van der Waals surface area contributed by atoms with Crippen molar-refractivity contribution in [3.05, 3.63) is 16.0 Å². The molecule has 1 unspecified atom stereocenters. The fourth-order valence-corrected chi connectivity index (χ4v) is 3.50. The van der Waals surface area contributed by atoms with E-state index >= 15 is 0 Å². The molecule has 0 bridgehead atoms. The average molecular weight is 253 g/mol. The Hall–Kier alpha value is -1.36. The molecule has 0 fully saturated rings. The van der Waals surface area contributed by atoms with Crippen molar-refractivity contribution in [2.24, 2.45) is 0 Å². The van der Waals surface area contributed by atoms with Crippen LogP contribution in [0.2, 0.25) is 0 Å². The van der Waals surface area contributed by atoms with Gasteiger partial charge in [0.05, 0.1) is 23.6 Å². The van der Waals surface area contributed by atoms with Crippen LogP contribution in [0.1, 0.15) is 46.5 Å². The van der Waals surface area contributed by atoms with E-state index in [0.29, 0.717) is 23.6 Å². The van der Waals surface area contributed by atoms with E-state index in [-0.39, 0.29) is 11.9 Å². The highest BCUT2D eigenvalue weighted by atomic mass is 32.1. The summed E-state index contributed by atoms with van der Waals surface area (Å²) in [5.41, 5.74) is 7.35. The number of hydrogen-bond acceptors (Lipinski definition) is 5. The summed E-state index contributed by atoms with van der Waals surface area (Å²) in [6, 6.07) is 0. The van der Waals surface area contributed by atoms with Crippen LogP contribution in [-0.4, -0.2) is 18.9 Å². The maximum absolute atomic E-state index is 11.5. The highest BCUT2D eigenvalue weighted by Gasteiger charge is 2.31. The summed E-state index contributed by atoms with van der Waals surface area (Å²) in [6.45, 7) is 2.18. The van der Waals surface area contributed by atoms with Crippen LogP contribution in [0.15, 0.2) is 0 Å². The molecule has 0 spiro atoms. The lowest BCUT2D eigenvalue weighted by Crippen LogP contribution is -2.09. The molecule has 1 atom stereocenters. The lowest BCUT2D eigenvalue weighted by Gasteiger charge is -2.10. The van der Waals surface area contributed by atoms with Crippen molar-refractivity contribution in [2.75, 3.05) is 12.3 Å². The third kappa shape index (κ3) is 2.20. The molecule has 0 aromatic carbocycles. The Morgan fingerprint density at radius 1 is 1.65 bits per heavy atom. The smallest absolute Gasteiger partial charge is 0.306 e. The van der Waals surface area contributed by atoms with Crippen molar-refractivity contribution < 1.29 is 14.3 Å². The standard InChI is InChI=1S/C12H15NO3S/c1-2-16-10(15)5-7-3-4-9-11(7)8(6-14)12(13)17-9/h6-7H,2-5,13H2,1H3. The Morgan fingerprint density at radius 2 is 2.41 bits per heavy atom.